The van der Waals surface area contributed by atoms with Crippen molar-refractivity contribution in [2.45, 2.75) is 77.0 Å². The van der Waals surface area contributed by atoms with Gasteiger partial charge < -0.3 is 19.6 Å². The largest absolute Gasteiger partial charge is 0.343 e. The van der Waals surface area contributed by atoms with E-state index in [0.29, 0.717) is 0 Å². The standard InChI is InChI=1S/C36H48N6/c1-7-20-39(21-8-1)35(40-22-9-2-10-23-40)37-32-19-15-18-31-30-17-6-5-16-29(30)28-33(34(31)32)38-36(41-24-11-3-12-25-41)42-26-13-4-14-27-42/h5-6,15-19,28H,1-4,7-14,20-27H2. The minimum atomic E-state index is 1.07. The third-order valence-electron chi connectivity index (χ3n) is 9.84. The predicted molar refractivity (Wildman–Crippen MR) is 177 cm³/mol. The fraction of sp³-hybridized carbons (Fsp3) is 0.556. The normalized spacial score (nSPS) is 20.2. The van der Waals surface area contributed by atoms with Crippen molar-refractivity contribution >= 4 is 44.8 Å². The fourth-order valence-corrected chi connectivity index (χ4v) is 7.58. The lowest BCUT2D eigenvalue weighted by molar-refractivity contribution is 0.257. The molecule has 3 aromatic carbocycles. The van der Waals surface area contributed by atoms with Crippen LogP contribution >= 0.6 is 0 Å². The second-order valence-corrected chi connectivity index (χ2v) is 12.8. The molecule has 4 heterocycles. The Balaban J connectivity index is 1.42. The van der Waals surface area contributed by atoms with Crippen molar-refractivity contribution in [1.82, 2.24) is 19.6 Å². The summed E-state index contributed by atoms with van der Waals surface area (Å²) in [5.41, 5.74) is 2.14. The van der Waals surface area contributed by atoms with Crippen molar-refractivity contribution in [3.8, 4) is 0 Å². The van der Waals surface area contributed by atoms with Crippen LogP contribution in [0, 0.1) is 0 Å². The van der Waals surface area contributed by atoms with E-state index in [2.05, 4.69) is 68.1 Å². The first-order valence-electron chi connectivity index (χ1n) is 17.0. The van der Waals surface area contributed by atoms with Crippen LogP contribution in [0.2, 0.25) is 0 Å². The molecule has 0 aromatic heterocycles. The van der Waals surface area contributed by atoms with Crippen LogP contribution in [0.4, 0.5) is 11.4 Å². The summed E-state index contributed by atoms with van der Waals surface area (Å²) >= 11 is 0. The van der Waals surface area contributed by atoms with E-state index in [0.717, 1.165) is 63.7 Å². The first kappa shape index (κ1) is 27.5. The Kier molecular flexibility index (Phi) is 8.48. The SMILES string of the molecule is c1ccc2c(c1)cc(N=C(N1CCCCC1)N1CCCCC1)c1c(N=C(N3CCCCC3)N3CCCCC3)cccc12. The van der Waals surface area contributed by atoms with Gasteiger partial charge in [0.2, 0.25) is 11.9 Å². The van der Waals surface area contributed by atoms with E-state index in [4.69, 9.17) is 9.98 Å². The van der Waals surface area contributed by atoms with E-state index in [1.54, 1.807) is 0 Å². The van der Waals surface area contributed by atoms with Crippen molar-refractivity contribution in [1.29, 1.82) is 0 Å². The minimum Gasteiger partial charge on any atom is -0.343 e. The van der Waals surface area contributed by atoms with Crippen LogP contribution in [0.1, 0.15) is 77.0 Å². The van der Waals surface area contributed by atoms with Crippen molar-refractivity contribution in [3.63, 3.8) is 0 Å². The second kappa shape index (κ2) is 12.9. The predicted octanol–water partition coefficient (Wildman–Crippen LogP) is 7.91. The molecule has 0 bridgehead atoms. The molecule has 6 heteroatoms. The molecule has 42 heavy (non-hydrogen) atoms. The summed E-state index contributed by atoms with van der Waals surface area (Å²) in [7, 11) is 0. The molecular formula is C36H48N6. The van der Waals surface area contributed by atoms with Crippen molar-refractivity contribution in [2.75, 3.05) is 52.4 Å². The fourth-order valence-electron chi connectivity index (χ4n) is 7.58. The lowest BCUT2D eigenvalue weighted by atomic mass is 9.99. The molecule has 0 N–H and O–H groups in total. The Hall–Kier alpha value is -3.28. The average molecular weight is 565 g/mol. The van der Waals surface area contributed by atoms with Gasteiger partial charge >= 0.3 is 0 Å². The van der Waals surface area contributed by atoms with Crippen LogP contribution in [-0.4, -0.2) is 83.9 Å². The Morgan fingerprint density at radius 3 is 1.36 bits per heavy atom. The van der Waals surface area contributed by atoms with E-state index in [1.807, 2.05) is 0 Å². The van der Waals surface area contributed by atoms with E-state index in [9.17, 15) is 0 Å². The molecule has 0 radical (unpaired) electrons. The molecule has 7 rings (SSSR count). The minimum absolute atomic E-state index is 1.07. The summed E-state index contributed by atoms with van der Waals surface area (Å²) in [4.78, 5) is 21.6. The highest BCUT2D eigenvalue weighted by Crippen LogP contribution is 2.40. The van der Waals surface area contributed by atoms with E-state index >= 15 is 0 Å². The number of fused-ring (bicyclic) bond motifs is 3. The highest BCUT2D eigenvalue weighted by molar-refractivity contribution is 6.17. The number of hydrogen-bond acceptors (Lipinski definition) is 2. The quantitative estimate of drug-likeness (QED) is 0.180. The zero-order valence-corrected chi connectivity index (χ0v) is 25.4. The van der Waals surface area contributed by atoms with Crippen LogP contribution in [0.25, 0.3) is 21.5 Å². The Bertz CT molecular complexity index is 1380. The summed E-state index contributed by atoms with van der Waals surface area (Å²) in [5, 5.41) is 5.02. The molecule has 0 amide bonds. The van der Waals surface area contributed by atoms with Gasteiger partial charge in [0, 0.05) is 57.7 Å². The molecule has 0 saturated carbocycles. The van der Waals surface area contributed by atoms with Crippen LogP contribution in [-0.2, 0) is 0 Å². The van der Waals surface area contributed by atoms with Gasteiger partial charge in [-0.1, -0.05) is 36.4 Å². The third-order valence-corrected chi connectivity index (χ3v) is 9.84. The van der Waals surface area contributed by atoms with Crippen molar-refractivity contribution in [2.24, 2.45) is 9.98 Å². The Morgan fingerprint density at radius 2 is 0.857 bits per heavy atom. The lowest BCUT2D eigenvalue weighted by Crippen LogP contribution is -2.48. The van der Waals surface area contributed by atoms with Gasteiger partial charge in [0.05, 0.1) is 11.4 Å². The maximum Gasteiger partial charge on any atom is 0.201 e. The molecule has 4 saturated heterocycles. The molecule has 4 fully saturated rings. The zero-order chi connectivity index (χ0) is 28.1. The second-order valence-electron chi connectivity index (χ2n) is 12.8. The highest BCUT2D eigenvalue weighted by Gasteiger charge is 2.25. The van der Waals surface area contributed by atoms with Gasteiger partial charge in [-0.2, -0.15) is 0 Å². The summed E-state index contributed by atoms with van der Waals surface area (Å²) in [6.07, 6.45) is 15.4. The number of nitrogens with zero attached hydrogens (tertiary/aromatic N) is 6. The number of likely N-dealkylation sites (tertiary alicyclic amines) is 4. The van der Waals surface area contributed by atoms with Crippen LogP contribution in [0.15, 0.2) is 58.5 Å². The molecule has 3 aromatic rings. The smallest absolute Gasteiger partial charge is 0.201 e. The first-order chi connectivity index (χ1) is 20.8. The van der Waals surface area contributed by atoms with Gasteiger partial charge in [-0.3, -0.25) is 0 Å². The number of aliphatic imine (C=N–C) groups is 2. The third kappa shape index (κ3) is 5.82. The number of guanidine groups is 2. The number of piperidine rings is 4. The lowest BCUT2D eigenvalue weighted by Gasteiger charge is -2.38. The number of rotatable bonds is 2. The van der Waals surface area contributed by atoms with Gasteiger partial charge in [0.15, 0.2) is 0 Å². The van der Waals surface area contributed by atoms with E-state index in [1.165, 1.54) is 111 Å². The summed E-state index contributed by atoms with van der Waals surface area (Å²) in [6, 6.07) is 17.9. The van der Waals surface area contributed by atoms with Crippen LogP contribution in [0.5, 0.6) is 0 Å². The number of benzene rings is 3. The summed E-state index contributed by atoms with van der Waals surface area (Å²) < 4.78 is 0. The Morgan fingerprint density at radius 1 is 0.429 bits per heavy atom. The Labute approximate surface area is 252 Å². The summed E-state index contributed by atoms with van der Waals surface area (Å²) in [5.74, 6) is 2.38. The van der Waals surface area contributed by atoms with E-state index in [-0.39, 0.29) is 0 Å². The van der Waals surface area contributed by atoms with Gasteiger partial charge in [-0.25, -0.2) is 9.98 Å². The molecule has 0 atom stereocenters. The molecule has 4 aliphatic heterocycles. The van der Waals surface area contributed by atoms with Gasteiger partial charge in [-0.05, 0) is 105 Å². The molecular weight excluding hydrogens is 516 g/mol. The molecule has 0 unspecified atom stereocenters. The monoisotopic (exact) mass is 564 g/mol. The van der Waals surface area contributed by atoms with Crippen molar-refractivity contribution in [3.05, 3.63) is 48.5 Å². The zero-order valence-electron chi connectivity index (χ0n) is 25.4. The van der Waals surface area contributed by atoms with Gasteiger partial charge in [0.1, 0.15) is 0 Å². The molecule has 0 spiro atoms. The average Bonchev–Trinajstić information content (AvgIpc) is 3.07. The molecule has 0 aliphatic carbocycles. The molecule has 222 valence electrons. The molecule has 6 nitrogen and oxygen atoms in total. The maximum atomic E-state index is 5.65. The van der Waals surface area contributed by atoms with E-state index < -0.39 is 0 Å². The topological polar surface area (TPSA) is 37.7 Å². The first-order valence-corrected chi connectivity index (χ1v) is 17.0. The van der Waals surface area contributed by atoms with Gasteiger partial charge in [-0.15, -0.1) is 0 Å². The van der Waals surface area contributed by atoms with Crippen molar-refractivity contribution < 1.29 is 0 Å². The summed E-state index contributed by atoms with van der Waals surface area (Å²) in [6.45, 7) is 8.90. The van der Waals surface area contributed by atoms with Crippen LogP contribution < -0.4 is 0 Å². The molecule has 4 aliphatic rings. The number of hydrogen-bond donors (Lipinski definition) is 0. The van der Waals surface area contributed by atoms with Gasteiger partial charge in [0.25, 0.3) is 0 Å². The maximum absolute atomic E-state index is 5.65. The van der Waals surface area contributed by atoms with Crippen LogP contribution in [0.3, 0.4) is 0 Å². The highest BCUT2D eigenvalue weighted by atomic mass is 15.4.